The van der Waals surface area contributed by atoms with E-state index in [0.717, 1.165) is 44.7 Å². The Balaban J connectivity index is 1.98. The van der Waals surface area contributed by atoms with Crippen molar-refractivity contribution >= 4 is 0 Å². The summed E-state index contributed by atoms with van der Waals surface area (Å²) < 4.78 is 43.5. The summed E-state index contributed by atoms with van der Waals surface area (Å²) in [4.78, 5) is 2.02. The molecule has 0 radical (unpaired) electrons. The van der Waals surface area contributed by atoms with Gasteiger partial charge in [-0.05, 0) is 43.5 Å². The van der Waals surface area contributed by atoms with Crippen LogP contribution in [-0.2, 0) is 17.5 Å². The van der Waals surface area contributed by atoms with Crippen LogP contribution < -0.4 is 0 Å². The Morgan fingerprint density at radius 1 is 1.29 bits per heavy atom. The maximum Gasteiger partial charge on any atom is 0.419 e. The molecule has 21 heavy (non-hydrogen) atoms. The van der Waals surface area contributed by atoms with Gasteiger partial charge in [0.2, 0.25) is 0 Å². The molecule has 1 fully saturated rings. The van der Waals surface area contributed by atoms with Crippen molar-refractivity contribution in [1.29, 1.82) is 0 Å². The van der Waals surface area contributed by atoms with Gasteiger partial charge in [-0.1, -0.05) is 6.07 Å². The highest BCUT2D eigenvalue weighted by Crippen LogP contribution is 2.36. The largest absolute Gasteiger partial charge is 0.507 e. The average Bonchev–Trinajstić information content (AvgIpc) is 2.41. The number of aromatic hydroxyl groups is 1. The van der Waals surface area contributed by atoms with Gasteiger partial charge in [0.15, 0.2) is 0 Å². The molecule has 0 unspecified atom stereocenters. The van der Waals surface area contributed by atoms with Crippen molar-refractivity contribution in [3.8, 4) is 5.75 Å². The van der Waals surface area contributed by atoms with E-state index in [4.69, 9.17) is 4.74 Å². The first-order chi connectivity index (χ1) is 9.86. The molecule has 1 heterocycles. The summed E-state index contributed by atoms with van der Waals surface area (Å²) in [6, 6.07) is 3.67. The molecule has 0 saturated carbocycles. The number of hydrogen-bond donors (Lipinski definition) is 1. The topological polar surface area (TPSA) is 32.7 Å². The van der Waals surface area contributed by atoms with Crippen molar-refractivity contribution in [1.82, 2.24) is 4.90 Å². The van der Waals surface area contributed by atoms with Crippen LogP contribution in [0.3, 0.4) is 0 Å². The number of nitrogens with zero attached hydrogens (tertiary/aromatic N) is 1. The highest BCUT2D eigenvalue weighted by Gasteiger charge is 2.34. The van der Waals surface area contributed by atoms with Crippen LogP contribution in [0.1, 0.15) is 24.0 Å². The summed E-state index contributed by atoms with van der Waals surface area (Å²) >= 11 is 0. The van der Waals surface area contributed by atoms with E-state index in [1.54, 1.807) is 0 Å². The molecule has 1 aromatic carbocycles. The van der Waals surface area contributed by atoms with E-state index in [1.807, 2.05) is 11.9 Å². The van der Waals surface area contributed by atoms with Crippen LogP contribution in [0.25, 0.3) is 0 Å². The van der Waals surface area contributed by atoms with E-state index in [-0.39, 0.29) is 0 Å². The summed E-state index contributed by atoms with van der Waals surface area (Å²) in [7, 11) is 1.90. The SMILES string of the molecule is CN(Cc1ccc(O)c(C(F)(F)F)c1)CC1CCOCC1. The van der Waals surface area contributed by atoms with Crippen molar-refractivity contribution in [2.24, 2.45) is 5.92 Å². The Bertz CT molecular complexity index is 470. The smallest absolute Gasteiger partial charge is 0.419 e. The van der Waals surface area contributed by atoms with Crippen LogP contribution in [0.15, 0.2) is 18.2 Å². The molecule has 2 rings (SSSR count). The zero-order valence-corrected chi connectivity index (χ0v) is 12.0. The van der Waals surface area contributed by atoms with Gasteiger partial charge in [0, 0.05) is 26.3 Å². The molecule has 0 spiro atoms. The number of rotatable bonds is 4. The van der Waals surface area contributed by atoms with Crippen LogP contribution in [0.5, 0.6) is 5.75 Å². The fourth-order valence-electron chi connectivity index (χ4n) is 2.65. The van der Waals surface area contributed by atoms with E-state index in [0.29, 0.717) is 18.0 Å². The molecule has 1 aliphatic heterocycles. The number of phenolic OH excluding ortho intramolecular Hbond substituents is 1. The lowest BCUT2D eigenvalue weighted by atomic mass is 9.99. The van der Waals surface area contributed by atoms with Gasteiger partial charge in [-0.15, -0.1) is 0 Å². The third-order valence-corrected chi connectivity index (χ3v) is 3.73. The van der Waals surface area contributed by atoms with Gasteiger partial charge >= 0.3 is 6.18 Å². The molecule has 118 valence electrons. The van der Waals surface area contributed by atoms with Crippen LogP contribution in [-0.4, -0.2) is 36.8 Å². The zero-order valence-electron chi connectivity index (χ0n) is 12.0. The molecule has 1 aliphatic rings. The molecule has 1 aromatic rings. The van der Waals surface area contributed by atoms with Crippen molar-refractivity contribution in [3.63, 3.8) is 0 Å². The van der Waals surface area contributed by atoms with Gasteiger partial charge in [0.25, 0.3) is 0 Å². The normalized spacial score (nSPS) is 17.4. The second kappa shape index (κ2) is 6.66. The van der Waals surface area contributed by atoms with Gasteiger partial charge in [-0.2, -0.15) is 13.2 Å². The maximum absolute atomic E-state index is 12.8. The van der Waals surface area contributed by atoms with Gasteiger partial charge < -0.3 is 14.7 Å². The first-order valence-corrected chi connectivity index (χ1v) is 7.01. The number of halogens is 3. The number of benzene rings is 1. The molecule has 0 amide bonds. The molecule has 0 atom stereocenters. The minimum absolute atomic E-state index is 0.431. The van der Waals surface area contributed by atoms with Gasteiger partial charge in [0.05, 0.1) is 5.56 Å². The highest BCUT2D eigenvalue weighted by atomic mass is 19.4. The van der Waals surface area contributed by atoms with Crippen molar-refractivity contribution < 1.29 is 23.0 Å². The fraction of sp³-hybridized carbons (Fsp3) is 0.600. The Kier molecular flexibility index (Phi) is 5.11. The van der Waals surface area contributed by atoms with Gasteiger partial charge in [-0.3, -0.25) is 0 Å². The van der Waals surface area contributed by atoms with E-state index >= 15 is 0 Å². The summed E-state index contributed by atoms with van der Waals surface area (Å²) in [6.45, 7) is 2.79. The van der Waals surface area contributed by atoms with E-state index in [2.05, 4.69) is 0 Å². The van der Waals surface area contributed by atoms with Crippen LogP contribution in [0, 0.1) is 5.92 Å². The quantitative estimate of drug-likeness (QED) is 0.926. The monoisotopic (exact) mass is 303 g/mol. The van der Waals surface area contributed by atoms with Crippen LogP contribution >= 0.6 is 0 Å². The zero-order chi connectivity index (χ0) is 15.5. The summed E-state index contributed by atoms with van der Waals surface area (Å²) in [5.41, 5.74) is -0.422. The Hall–Kier alpha value is -1.27. The summed E-state index contributed by atoms with van der Waals surface area (Å²) in [5, 5.41) is 9.32. The lowest BCUT2D eigenvalue weighted by Gasteiger charge is -2.27. The molecule has 0 bridgehead atoms. The lowest BCUT2D eigenvalue weighted by molar-refractivity contribution is -0.138. The Labute approximate surface area is 122 Å². The van der Waals surface area contributed by atoms with Crippen LogP contribution in [0.2, 0.25) is 0 Å². The fourth-order valence-corrected chi connectivity index (χ4v) is 2.65. The van der Waals surface area contributed by atoms with E-state index < -0.39 is 17.5 Å². The van der Waals surface area contributed by atoms with Gasteiger partial charge in [0.1, 0.15) is 5.75 Å². The Morgan fingerprint density at radius 2 is 1.95 bits per heavy atom. The Morgan fingerprint density at radius 3 is 2.57 bits per heavy atom. The first-order valence-electron chi connectivity index (χ1n) is 7.01. The number of hydrogen-bond acceptors (Lipinski definition) is 3. The highest BCUT2D eigenvalue weighted by molar-refractivity contribution is 5.38. The number of ether oxygens (including phenoxy) is 1. The second-order valence-electron chi connectivity index (χ2n) is 5.60. The maximum atomic E-state index is 12.8. The minimum Gasteiger partial charge on any atom is -0.507 e. The third-order valence-electron chi connectivity index (χ3n) is 3.73. The number of alkyl halides is 3. The lowest BCUT2D eigenvalue weighted by Crippen LogP contribution is -2.29. The molecular weight excluding hydrogens is 283 g/mol. The van der Waals surface area contributed by atoms with E-state index in [9.17, 15) is 18.3 Å². The molecule has 0 aromatic heterocycles. The first kappa shape index (κ1) is 16.1. The molecular formula is C15H20F3NO2. The third kappa shape index (κ3) is 4.61. The molecule has 6 heteroatoms. The van der Waals surface area contributed by atoms with Crippen molar-refractivity contribution in [2.45, 2.75) is 25.6 Å². The molecule has 0 aliphatic carbocycles. The predicted octanol–water partition coefficient (Wildman–Crippen LogP) is 3.27. The molecule has 1 saturated heterocycles. The predicted molar refractivity (Wildman–Crippen MR) is 73.0 cm³/mol. The molecule has 3 nitrogen and oxygen atoms in total. The second-order valence-corrected chi connectivity index (χ2v) is 5.60. The summed E-state index contributed by atoms with van der Waals surface area (Å²) in [6.07, 6.45) is -2.54. The van der Waals surface area contributed by atoms with Crippen LogP contribution in [0.4, 0.5) is 13.2 Å². The molecule has 1 N–H and O–H groups in total. The van der Waals surface area contributed by atoms with Gasteiger partial charge in [-0.25, -0.2) is 0 Å². The minimum atomic E-state index is -4.53. The van der Waals surface area contributed by atoms with Crippen molar-refractivity contribution in [3.05, 3.63) is 29.3 Å². The van der Waals surface area contributed by atoms with Crippen molar-refractivity contribution in [2.75, 3.05) is 26.8 Å². The van der Waals surface area contributed by atoms with E-state index in [1.165, 1.54) is 6.07 Å². The average molecular weight is 303 g/mol. The summed E-state index contributed by atoms with van der Waals surface area (Å²) in [5.74, 6) is -0.193. The standard InChI is InChI=1S/C15H20F3NO2/c1-19(9-11-4-6-21-7-5-11)10-12-2-3-14(20)13(8-12)15(16,17)18/h2-3,8,11,20H,4-7,9-10H2,1H3. The number of phenols is 1.